The Kier molecular flexibility index (Phi) is 3.76. The van der Waals surface area contributed by atoms with E-state index >= 15 is 0 Å². The molecule has 16 heavy (non-hydrogen) atoms. The number of rotatable bonds is 3. The van der Waals surface area contributed by atoms with E-state index in [4.69, 9.17) is 0 Å². The molecule has 1 aromatic carbocycles. The molecule has 1 fully saturated rings. The monoisotopic (exact) mass is 301 g/mol. The molecule has 1 heterocycles. The molecule has 0 radical (unpaired) electrons. The first-order chi connectivity index (χ1) is 7.72. The summed E-state index contributed by atoms with van der Waals surface area (Å²) in [5.41, 5.74) is 1.06. The van der Waals surface area contributed by atoms with Crippen LogP contribution in [-0.4, -0.2) is 33.5 Å². The van der Waals surface area contributed by atoms with E-state index < -0.39 is 0 Å². The molecule has 1 N–H and O–H groups in total. The van der Waals surface area contributed by atoms with Crippen LogP contribution in [0.15, 0.2) is 24.3 Å². The smallest absolute Gasteiger partial charge is 0.233 e. The summed E-state index contributed by atoms with van der Waals surface area (Å²) in [7, 11) is 0. The van der Waals surface area contributed by atoms with Crippen molar-refractivity contribution in [3.63, 3.8) is 0 Å². The van der Waals surface area contributed by atoms with Gasteiger partial charge in [-0.2, -0.15) is 0 Å². The molecule has 0 aromatic heterocycles. The standard InChI is InChI=1S/C11H12BrNO2S/c12-5-6-13-10(15)7-16-11(13)8-1-3-9(14)4-2-8/h1-4,11,14H,5-7H2. The third-order valence-corrected chi connectivity index (χ3v) is 4.08. The summed E-state index contributed by atoms with van der Waals surface area (Å²) < 4.78 is 0. The second-order valence-electron chi connectivity index (χ2n) is 3.53. The second-order valence-corrected chi connectivity index (χ2v) is 5.39. The molecule has 2 rings (SSSR count). The molecular formula is C11H12BrNO2S. The van der Waals surface area contributed by atoms with Gasteiger partial charge < -0.3 is 10.0 Å². The van der Waals surface area contributed by atoms with E-state index in [1.165, 1.54) is 0 Å². The van der Waals surface area contributed by atoms with E-state index in [0.29, 0.717) is 5.75 Å². The van der Waals surface area contributed by atoms with Crippen LogP contribution in [0, 0.1) is 0 Å². The van der Waals surface area contributed by atoms with Crippen molar-refractivity contribution in [3.8, 4) is 5.75 Å². The van der Waals surface area contributed by atoms with Crippen molar-refractivity contribution in [2.45, 2.75) is 5.37 Å². The van der Waals surface area contributed by atoms with E-state index in [1.807, 2.05) is 17.0 Å². The van der Waals surface area contributed by atoms with Gasteiger partial charge in [0.25, 0.3) is 0 Å². The number of aromatic hydroxyl groups is 1. The van der Waals surface area contributed by atoms with Crippen LogP contribution < -0.4 is 0 Å². The van der Waals surface area contributed by atoms with Gasteiger partial charge in [-0.3, -0.25) is 4.79 Å². The molecule has 1 unspecified atom stereocenters. The Morgan fingerprint density at radius 3 is 2.75 bits per heavy atom. The third-order valence-electron chi connectivity index (χ3n) is 2.47. The summed E-state index contributed by atoms with van der Waals surface area (Å²) in [6.45, 7) is 0.720. The predicted molar refractivity (Wildman–Crippen MR) is 68.8 cm³/mol. The molecule has 1 saturated heterocycles. The number of carbonyl (C=O) groups is 1. The van der Waals surface area contributed by atoms with E-state index in [0.717, 1.165) is 17.4 Å². The number of phenolic OH excluding ortho intramolecular Hbond substituents is 1. The molecule has 0 saturated carbocycles. The number of hydrogen-bond donors (Lipinski definition) is 1. The number of nitrogens with zero attached hydrogens (tertiary/aromatic N) is 1. The lowest BCUT2D eigenvalue weighted by Gasteiger charge is -2.23. The Morgan fingerprint density at radius 1 is 1.44 bits per heavy atom. The van der Waals surface area contributed by atoms with Crippen LogP contribution >= 0.6 is 27.7 Å². The average Bonchev–Trinajstić information content (AvgIpc) is 2.63. The van der Waals surface area contributed by atoms with E-state index in [9.17, 15) is 9.90 Å². The Morgan fingerprint density at radius 2 is 2.12 bits per heavy atom. The molecular weight excluding hydrogens is 290 g/mol. The van der Waals surface area contributed by atoms with E-state index in [-0.39, 0.29) is 17.0 Å². The summed E-state index contributed by atoms with van der Waals surface area (Å²) in [5, 5.41) is 10.1. The fourth-order valence-electron chi connectivity index (χ4n) is 1.70. The van der Waals surface area contributed by atoms with Crippen molar-refractivity contribution in [2.24, 2.45) is 0 Å². The van der Waals surface area contributed by atoms with Crippen molar-refractivity contribution in [1.82, 2.24) is 4.90 Å². The number of benzene rings is 1. The molecule has 1 aliphatic heterocycles. The Labute approximate surface area is 107 Å². The zero-order valence-corrected chi connectivity index (χ0v) is 11.0. The van der Waals surface area contributed by atoms with Crippen molar-refractivity contribution in [1.29, 1.82) is 0 Å². The Bertz CT molecular complexity index is 382. The summed E-state index contributed by atoms with van der Waals surface area (Å²) in [4.78, 5) is 13.5. The highest BCUT2D eigenvalue weighted by molar-refractivity contribution is 9.09. The molecule has 1 atom stereocenters. The van der Waals surface area contributed by atoms with Gasteiger partial charge in [-0.1, -0.05) is 28.1 Å². The molecule has 1 aromatic rings. The van der Waals surface area contributed by atoms with Crippen molar-refractivity contribution in [3.05, 3.63) is 29.8 Å². The highest BCUT2D eigenvalue weighted by Gasteiger charge is 2.31. The number of halogens is 1. The van der Waals surface area contributed by atoms with Crippen LogP contribution in [0.4, 0.5) is 0 Å². The molecule has 0 spiro atoms. The van der Waals surface area contributed by atoms with Crippen LogP contribution in [0.1, 0.15) is 10.9 Å². The number of thioether (sulfide) groups is 1. The van der Waals surface area contributed by atoms with Gasteiger partial charge in [-0.05, 0) is 17.7 Å². The fourth-order valence-corrected chi connectivity index (χ4v) is 3.30. The largest absolute Gasteiger partial charge is 0.508 e. The van der Waals surface area contributed by atoms with Gasteiger partial charge in [-0.25, -0.2) is 0 Å². The number of carbonyl (C=O) groups excluding carboxylic acids is 1. The number of amides is 1. The van der Waals surface area contributed by atoms with Crippen molar-refractivity contribution >= 4 is 33.6 Å². The van der Waals surface area contributed by atoms with Gasteiger partial charge in [0.2, 0.25) is 5.91 Å². The number of alkyl halides is 1. The van der Waals surface area contributed by atoms with E-state index in [2.05, 4.69) is 15.9 Å². The number of phenols is 1. The van der Waals surface area contributed by atoms with Gasteiger partial charge >= 0.3 is 0 Å². The Balaban J connectivity index is 2.19. The predicted octanol–water partition coefficient (Wildman–Crippen LogP) is 2.36. The quantitative estimate of drug-likeness (QED) is 0.871. The van der Waals surface area contributed by atoms with Crippen LogP contribution in [0.3, 0.4) is 0 Å². The first kappa shape index (κ1) is 11.8. The first-order valence-corrected chi connectivity index (χ1v) is 7.15. The number of hydrogen-bond acceptors (Lipinski definition) is 3. The topological polar surface area (TPSA) is 40.5 Å². The van der Waals surface area contributed by atoms with Gasteiger partial charge in [0.15, 0.2) is 0 Å². The molecule has 0 aliphatic carbocycles. The van der Waals surface area contributed by atoms with E-state index in [1.54, 1.807) is 23.9 Å². The minimum atomic E-state index is 0.0886. The van der Waals surface area contributed by atoms with Gasteiger partial charge in [0, 0.05) is 11.9 Å². The molecule has 3 nitrogen and oxygen atoms in total. The van der Waals surface area contributed by atoms with Crippen molar-refractivity contribution < 1.29 is 9.90 Å². The first-order valence-electron chi connectivity index (χ1n) is 4.98. The van der Waals surface area contributed by atoms with Gasteiger partial charge in [0.05, 0.1) is 5.75 Å². The maximum atomic E-state index is 11.6. The van der Waals surface area contributed by atoms with Crippen LogP contribution in [0.25, 0.3) is 0 Å². The summed E-state index contributed by atoms with van der Waals surface area (Å²) in [6, 6.07) is 7.05. The van der Waals surface area contributed by atoms with Crippen LogP contribution in [-0.2, 0) is 4.79 Å². The van der Waals surface area contributed by atoms with Crippen LogP contribution in [0.5, 0.6) is 5.75 Å². The molecule has 86 valence electrons. The zero-order chi connectivity index (χ0) is 11.5. The lowest BCUT2D eigenvalue weighted by molar-refractivity contribution is -0.127. The molecule has 1 aliphatic rings. The maximum absolute atomic E-state index is 11.6. The average molecular weight is 302 g/mol. The molecule has 1 amide bonds. The second kappa shape index (κ2) is 5.10. The molecule has 0 bridgehead atoms. The Hall–Kier alpha value is -0.680. The summed E-state index contributed by atoms with van der Waals surface area (Å²) in [6.07, 6.45) is 0. The zero-order valence-electron chi connectivity index (χ0n) is 8.60. The highest BCUT2D eigenvalue weighted by atomic mass is 79.9. The minimum Gasteiger partial charge on any atom is -0.508 e. The lowest BCUT2D eigenvalue weighted by atomic mass is 10.2. The van der Waals surface area contributed by atoms with Gasteiger partial charge in [-0.15, -0.1) is 11.8 Å². The highest BCUT2D eigenvalue weighted by Crippen LogP contribution is 2.38. The molecule has 5 heteroatoms. The minimum absolute atomic E-state index is 0.0886. The van der Waals surface area contributed by atoms with Crippen LogP contribution in [0.2, 0.25) is 0 Å². The van der Waals surface area contributed by atoms with Crippen molar-refractivity contribution in [2.75, 3.05) is 17.6 Å². The van der Waals surface area contributed by atoms with Gasteiger partial charge in [0.1, 0.15) is 11.1 Å². The lowest BCUT2D eigenvalue weighted by Crippen LogP contribution is -2.29. The third kappa shape index (κ3) is 2.35. The SMILES string of the molecule is O=C1CSC(c2ccc(O)cc2)N1CCBr. The fraction of sp³-hybridized carbons (Fsp3) is 0.364. The summed E-state index contributed by atoms with van der Waals surface area (Å²) >= 11 is 4.99. The maximum Gasteiger partial charge on any atom is 0.233 e. The normalized spacial score (nSPS) is 20.4. The summed E-state index contributed by atoms with van der Waals surface area (Å²) in [5.74, 6) is 0.978.